The van der Waals surface area contributed by atoms with Gasteiger partial charge in [-0.1, -0.05) is 12.1 Å². The van der Waals surface area contributed by atoms with Crippen LogP contribution in [0.25, 0.3) is 0 Å². The first-order valence-electron chi connectivity index (χ1n) is 7.32. The van der Waals surface area contributed by atoms with Gasteiger partial charge >= 0.3 is 6.18 Å². The number of alkyl halides is 3. The highest BCUT2D eigenvalue weighted by Gasteiger charge is 2.34. The van der Waals surface area contributed by atoms with Crippen LogP contribution < -0.4 is 10.5 Å². The number of halogens is 3. The van der Waals surface area contributed by atoms with Crippen molar-refractivity contribution in [2.45, 2.75) is 32.5 Å². The van der Waals surface area contributed by atoms with Crippen LogP contribution in [-0.2, 0) is 19.1 Å². The topological polar surface area (TPSA) is 53.1 Å². The fraction of sp³-hybridized carbons (Fsp3) is 0.438. The molecule has 0 aliphatic carbocycles. The van der Waals surface area contributed by atoms with Crippen LogP contribution in [0.4, 0.5) is 13.2 Å². The summed E-state index contributed by atoms with van der Waals surface area (Å²) in [7, 11) is 1.54. The molecule has 2 rings (SSSR count). The van der Waals surface area contributed by atoms with Gasteiger partial charge < -0.3 is 10.5 Å². The standard InChI is InChI=1S/C16H20F3N3O/c1-11-8-15(16(17,18)19)21-22(11)10-13-9-12(4-3-7-20)5-6-14(13)23-2/h5-6,8-9H,3-4,7,10,20H2,1-2H3. The first-order valence-corrected chi connectivity index (χ1v) is 7.32. The van der Waals surface area contributed by atoms with E-state index in [2.05, 4.69) is 5.10 Å². The van der Waals surface area contributed by atoms with Crippen LogP contribution in [0.5, 0.6) is 5.75 Å². The quantitative estimate of drug-likeness (QED) is 0.887. The molecule has 0 aliphatic heterocycles. The van der Waals surface area contributed by atoms with Crippen LogP contribution in [-0.4, -0.2) is 23.4 Å². The first-order chi connectivity index (χ1) is 10.8. The Morgan fingerprint density at radius 3 is 2.57 bits per heavy atom. The summed E-state index contributed by atoms with van der Waals surface area (Å²) < 4.78 is 44.9. The lowest BCUT2D eigenvalue weighted by Crippen LogP contribution is -2.10. The van der Waals surface area contributed by atoms with E-state index in [-0.39, 0.29) is 6.54 Å². The van der Waals surface area contributed by atoms with Crippen molar-refractivity contribution in [2.24, 2.45) is 5.73 Å². The molecule has 1 heterocycles. The van der Waals surface area contributed by atoms with E-state index in [9.17, 15) is 13.2 Å². The third kappa shape index (κ3) is 4.25. The summed E-state index contributed by atoms with van der Waals surface area (Å²) in [5.41, 5.74) is 6.95. The number of hydrogen-bond acceptors (Lipinski definition) is 3. The number of methoxy groups -OCH3 is 1. The Kier molecular flexibility index (Phi) is 5.30. The van der Waals surface area contributed by atoms with Gasteiger partial charge in [-0.15, -0.1) is 0 Å². The van der Waals surface area contributed by atoms with Gasteiger partial charge in [0.05, 0.1) is 13.7 Å². The minimum Gasteiger partial charge on any atom is -0.496 e. The van der Waals surface area contributed by atoms with Crippen molar-refractivity contribution in [3.8, 4) is 5.75 Å². The molecule has 126 valence electrons. The van der Waals surface area contributed by atoms with Crippen LogP contribution in [0.2, 0.25) is 0 Å². The molecule has 1 aromatic carbocycles. The first kappa shape index (κ1) is 17.3. The Hall–Kier alpha value is -2.02. The molecule has 0 bridgehead atoms. The average molecular weight is 327 g/mol. The molecule has 2 aromatic rings. The van der Waals surface area contributed by atoms with E-state index < -0.39 is 11.9 Å². The van der Waals surface area contributed by atoms with E-state index in [0.29, 0.717) is 18.0 Å². The minimum absolute atomic E-state index is 0.224. The van der Waals surface area contributed by atoms with Crippen molar-refractivity contribution < 1.29 is 17.9 Å². The molecule has 0 atom stereocenters. The normalized spacial score (nSPS) is 11.7. The Morgan fingerprint density at radius 1 is 1.26 bits per heavy atom. The SMILES string of the molecule is COc1ccc(CCCN)cc1Cn1nc(C(F)(F)F)cc1C. The summed E-state index contributed by atoms with van der Waals surface area (Å²) in [5, 5.41) is 3.66. The van der Waals surface area contributed by atoms with Crippen molar-refractivity contribution >= 4 is 0 Å². The maximum Gasteiger partial charge on any atom is 0.435 e. The van der Waals surface area contributed by atoms with E-state index in [1.54, 1.807) is 6.92 Å². The van der Waals surface area contributed by atoms with Crippen molar-refractivity contribution in [3.05, 3.63) is 46.8 Å². The second-order valence-electron chi connectivity index (χ2n) is 5.36. The zero-order valence-corrected chi connectivity index (χ0v) is 13.2. The second kappa shape index (κ2) is 7.04. The zero-order valence-electron chi connectivity index (χ0n) is 13.2. The van der Waals surface area contributed by atoms with Gasteiger partial charge in [0.25, 0.3) is 0 Å². The number of nitrogens with two attached hydrogens (primary N) is 1. The van der Waals surface area contributed by atoms with Crippen molar-refractivity contribution in [2.75, 3.05) is 13.7 Å². The molecule has 4 nitrogen and oxygen atoms in total. The number of rotatable bonds is 6. The van der Waals surface area contributed by atoms with E-state index >= 15 is 0 Å². The van der Waals surface area contributed by atoms with E-state index in [1.165, 1.54) is 11.8 Å². The Morgan fingerprint density at radius 2 is 2.00 bits per heavy atom. The fourth-order valence-corrected chi connectivity index (χ4v) is 2.39. The van der Waals surface area contributed by atoms with Crippen LogP contribution in [0.1, 0.15) is 28.9 Å². The number of ether oxygens (including phenoxy) is 1. The molecule has 0 amide bonds. The molecule has 1 aromatic heterocycles. The smallest absolute Gasteiger partial charge is 0.435 e. The van der Waals surface area contributed by atoms with Gasteiger partial charge in [0, 0.05) is 11.3 Å². The summed E-state index contributed by atoms with van der Waals surface area (Å²) in [6, 6.07) is 6.74. The Balaban J connectivity index is 2.29. The number of aromatic nitrogens is 2. The largest absolute Gasteiger partial charge is 0.496 e. The highest BCUT2D eigenvalue weighted by Crippen LogP contribution is 2.29. The van der Waals surface area contributed by atoms with Crippen LogP contribution in [0, 0.1) is 6.92 Å². The molecule has 0 saturated carbocycles. The molecule has 0 fully saturated rings. The summed E-state index contributed by atoms with van der Waals surface area (Å²) in [5.74, 6) is 0.630. The van der Waals surface area contributed by atoms with Crippen LogP contribution in [0.15, 0.2) is 24.3 Å². The molecule has 0 spiro atoms. The predicted molar refractivity (Wildman–Crippen MR) is 81.4 cm³/mol. The highest BCUT2D eigenvalue weighted by atomic mass is 19.4. The van der Waals surface area contributed by atoms with Gasteiger partial charge in [0.1, 0.15) is 5.75 Å². The maximum absolute atomic E-state index is 12.8. The average Bonchev–Trinajstić information content (AvgIpc) is 2.87. The molecular weight excluding hydrogens is 307 g/mol. The summed E-state index contributed by atoms with van der Waals surface area (Å²) in [6.45, 7) is 2.42. The highest BCUT2D eigenvalue weighted by molar-refractivity contribution is 5.37. The molecule has 23 heavy (non-hydrogen) atoms. The minimum atomic E-state index is -4.44. The lowest BCUT2D eigenvalue weighted by Gasteiger charge is -2.12. The lowest BCUT2D eigenvalue weighted by molar-refractivity contribution is -0.141. The number of hydrogen-bond donors (Lipinski definition) is 1. The van der Waals surface area contributed by atoms with Gasteiger partial charge in [-0.05, 0) is 44.0 Å². The van der Waals surface area contributed by atoms with Gasteiger partial charge in [0.15, 0.2) is 5.69 Å². The molecular formula is C16H20F3N3O. The molecule has 0 saturated heterocycles. The third-order valence-electron chi connectivity index (χ3n) is 3.61. The second-order valence-corrected chi connectivity index (χ2v) is 5.36. The predicted octanol–water partition coefficient (Wildman–Crippen LogP) is 3.16. The van der Waals surface area contributed by atoms with Crippen molar-refractivity contribution in [3.63, 3.8) is 0 Å². The molecule has 2 N–H and O–H groups in total. The van der Waals surface area contributed by atoms with Crippen molar-refractivity contribution in [1.29, 1.82) is 0 Å². The van der Waals surface area contributed by atoms with E-state index in [0.717, 1.165) is 30.0 Å². The Bertz CT molecular complexity index is 665. The van der Waals surface area contributed by atoms with Gasteiger partial charge in [-0.25, -0.2) is 0 Å². The summed E-state index contributed by atoms with van der Waals surface area (Å²) in [4.78, 5) is 0. The molecule has 0 unspecified atom stereocenters. The van der Waals surface area contributed by atoms with Crippen LogP contribution in [0.3, 0.4) is 0 Å². The van der Waals surface area contributed by atoms with Crippen LogP contribution >= 0.6 is 0 Å². The summed E-state index contributed by atoms with van der Waals surface area (Å²) >= 11 is 0. The van der Waals surface area contributed by atoms with Gasteiger partial charge in [0.2, 0.25) is 0 Å². The number of nitrogens with zero attached hydrogens (tertiary/aromatic N) is 2. The number of benzene rings is 1. The van der Waals surface area contributed by atoms with Crippen molar-refractivity contribution in [1.82, 2.24) is 9.78 Å². The zero-order chi connectivity index (χ0) is 17.0. The number of aryl methyl sites for hydroxylation is 2. The molecule has 7 heteroatoms. The molecule has 0 aliphatic rings. The van der Waals surface area contributed by atoms with E-state index in [1.807, 2.05) is 18.2 Å². The fourth-order valence-electron chi connectivity index (χ4n) is 2.39. The Labute approximate surface area is 133 Å². The van der Waals surface area contributed by atoms with Gasteiger partial charge in [-0.3, -0.25) is 4.68 Å². The van der Waals surface area contributed by atoms with E-state index in [4.69, 9.17) is 10.5 Å². The maximum atomic E-state index is 12.8. The molecule has 0 radical (unpaired) electrons. The lowest BCUT2D eigenvalue weighted by atomic mass is 10.1. The van der Waals surface area contributed by atoms with Gasteiger partial charge in [-0.2, -0.15) is 18.3 Å². The monoisotopic (exact) mass is 327 g/mol. The third-order valence-corrected chi connectivity index (χ3v) is 3.61. The summed E-state index contributed by atoms with van der Waals surface area (Å²) in [6.07, 6.45) is -2.77.